The van der Waals surface area contributed by atoms with Gasteiger partial charge in [-0.1, -0.05) is 47.5 Å². The topological polar surface area (TPSA) is 21.7 Å². The van der Waals surface area contributed by atoms with E-state index in [2.05, 4.69) is 82.4 Å². The third kappa shape index (κ3) is 3.79. The van der Waals surface area contributed by atoms with E-state index >= 15 is 0 Å². The first-order valence-corrected chi connectivity index (χ1v) is 9.69. The van der Waals surface area contributed by atoms with Crippen LogP contribution in [0.1, 0.15) is 48.6 Å². The first-order valence-electron chi connectivity index (χ1n) is 9.69. The fraction of sp³-hybridized carbons (Fsp3) is 0.333. The van der Waals surface area contributed by atoms with E-state index in [1.54, 1.807) is 0 Å². The van der Waals surface area contributed by atoms with Gasteiger partial charge in [-0.3, -0.25) is 4.84 Å². The molecule has 0 radical (unpaired) electrons. The summed E-state index contributed by atoms with van der Waals surface area (Å²) in [6.07, 6.45) is 7.51. The van der Waals surface area contributed by atoms with E-state index in [-0.39, 0.29) is 18.2 Å². The predicted molar refractivity (Wildman–Crippen MR) is 109 cm³/mol. The Kier molecular flexibility index (Phi) is 4.79. The standard InChI is InChI=1S/C24H27NO2/c1-16-11-17(2)13-21(12-16)20-9-10-25-23(15-20)22-7-5-6-8-24(22)26-18(3)14-19(4)27-25/h5-13,15,18-19,23H,14H2,1-4H3. The van der Waals surface area contributed by atoms with Crippen LogP contribution in [0.3, 0.4) is 0 Å². The summed E-state index contributed by atoms with van der Waals surface area (Å²) < 4.78 is 6.26. The van der Waals surface area contributed by atoms with Crippen molar-refractivity contribution in [3.63, 3.8) is 0 Å². The SMILES string of the molecule is Cc1cc(C)cc(C2=CC3c4ccccc4OC(C)CC(C)ON3C=C2)c1. The zero-order chi connectivity index (χ0) is 19.0. The Labute approximate surface area is 161 Å². The molecule has 0 bridgehead atoms. The second-order valence-corrected chi connectivity index (χ2v) is 7.74. The highest BCUT2D eigenvalue weighted by molar-refractivity contribution is 5.76. The van der Waals surface area contributed by atoms with Crippen molar-refractivity contribution in [3.05, 3.63) is 83.1 Å². The minimum atomic E-state index is -0.0187. The molecule has 0 saturated carbocycles. The highest BCUT2D eigenvalue weighted by atomic mass is 16.7. The lowest BCUT2D eigenvalue weighted by atomic mass is 9.94. The molecule has 0 aromatic heterocycles. The molecule has 2 aromatic rings. The Hall–Kier alpha value is -2.52. The maximum Gasteiger partial charge on any atom is 0.125 e. The van der Waals surface area contributed by atoms with Gasteiger partial charge in [0, 0.05) is 18.2 Å². The maximum atomic E-state index is 6.26. The number of hydrogen-bond acceptors (Lipinski definition) is 3. The van der Waals surface area contributed by atoms with Crippen molar-refractivity contribution in [2.45, 2.75) is 52.4 Å². The number of aryl methyl sites for hydroxylation is 2. The lowest BCUT2D eigenvalue weighted by Crippen LogP contribution is -2.29. The highest BCUT2D eigenvalue weighted by Gasteiger charge is 2.28. The Morgan fingerprint density at radius 3 is 2.48 bits per heavy atom. The van der Waals surface area contributed by atoms with Crippen LogP contribution in [0.2, 0.25) is 0 Å². The van der Waals surface area contributed by atoms with Crippen molar-refractivity contribution in [3.8, 4) is 5.75 Å². The smallest absolute Gasteiger partial charge is 0.125 e. The second kappa shape index (κ2) is 7.24. The molecule has 27 heavy (non-hydrogen) atoms. The molecule has 2 aliphatic rings. The summed E-state index contributed by atoms with van der Waals surface area (Å²) >= 11 is 0. The Morgan fingerprint density at radius 2 is 1.70 bits per heavy atom. The molecule has 0 saturated heterocycles. The van der Waals surface area contributed by atoms with Crippen LogP contribution >= 0.6 is 0 Å². The molecule has 140 valence electrons. The summed E-state index contributed by atoms with van der Waals surface area (Å²) in [5.74, 6) is 0.934. The lowest BCUT2D eigenvalue weighted by Gasteiger charge is -2.33. The van der Waals surface area contributed by atoms with Gasteiger partial charge in [-0.15, -0.1) is 0 Å². The molecule has 3 nitrogen and oxygen atoms in total. The van der Waals surface area contributed by atoms with E-state index in [1.165, 1.54) is 22.3 Å². The number of hydroxylamine groups is 2. The summed E-state index contributed by atoms with van der Waals surface area (Å²) in [6, 6.07) is 15.0. The van der Waals surface area contributed by atoms with E-state index < -0.39 is 0 Å². The van der Waals surface area contributed by atoms with Gasteiger partial charge in [0.15, 0.2) is 0 Å². The molecule has 3 heteroatoms. The van der Waals surface area contributed by atoms with Crippen LogP contribution in [0.5, 0.6) is 5.75 Å². The zero-order valence-electron chi connectivity index (χ0n) is 16.5. The number of allylic oxidation sites excluding steroid dienone is 2. The van der Waals surface area contributed by atoms with Crippen LogP contribution in [0.4, 0.5) is 0 Å². The molecular weight excluding hydrogens is 334 g/mol. The summed E-state index contributed by atoms with van der Waals surface area (Å²) in [5.41, 5.74) is 6.13. The molecule has 0 N–H and O–H groups in total. The monoisotopic (exact) mass is 361 g/mol. The number of nitrogens with zero attached hydrogens (tertiary/aromatic N) is 1. The molecule has 0 aliphatic carbocycles. The number of rotatable bonds is 1. The van der Waals surface area contributed by atoms with Crippen molar-refractivity contribution < 1.29 is 9.57 Å². The van der Waals surface area contributed by atoms with Gasteiger partial charge in [0.25, 0.3) is 0 Å². The minimum Gasteiger partial charge on any atom is -0.490 e. The normalized spacial score (nSPS) is 24.7. The van der Waals surface area contributed by atoms with Crippen molar-refractivity contribution >= 4 is 5.57 Å². The van der Waals surface area contributed by atoms with Crippen molar-refractivity contribution in [2.24, 2.45) is 0 Å². The Bertz CT molecular complexity index is 879. The van der Waals surface area contributed by atoms with Gasteiger partial charge in [-0.2, -0.15) is 0 Å². The number of hydrogen-bond donors (Lipinski definition) is 0. The largest absolute Gasteiger partial charge is 0.490 e. The third-order valence-corrected chi connectivity index (χ3v) is 5.10. The Morgan fingerprint density at radius 1 is 0.963 bits per heavy atom. The molecule has 0 fully saturated rings. The second-order valence-electron chi connectivity index (χ2n) is 7.74. The van der Waals surface area contributed by atoms with Crippen LogP contribution in [0.25, 0.3) is 5.57 Å². The molecule has 3 unspecified atom stereocenters. The molecule has 2 aromatic carbocycles. The van der Waals surface area contributed by atoms with Gasteiger partial charge in [-0.25, -0.2) is 5.06 Å². The van der Waals surface area contributed by atoms with E-state index in [4.69, 9.17) is 9.57 Å². The number of para-hydroxylation sites is 1. The summed E-state index contributed by atoms with van der Waals surface area (Å²) in [4.78, 5) is 6.26. The average molecular weight is 361 g/mol. The zero-order valence-corrected chi connectivity index (χ0v) is 16.5. The van der Waals surface area contributed by atoms with Crippen LogP contribution in [0.15, 0.2) is 60.8 Å². The quantitative estimate of drug-likeness (QED) is 0.646. The fourth-order valence-corrected chi connectivity index (χ4v) is 4.02. The van der Waals surface area contributed by atoms with Crippen molar-refractivity contribution in [2.75, 3.05) is 0 Å². The number of benzene rings is 2. The van der Waals surface area contributed by atoms with E-state index in [0.29, 0.717) is 0 Å². The molecule has 2 heterocycles. The first-order chi connectivity index (χ1) is 13.0. The molecular formula is C24H27NO2. The number of ether oxygens (including phenoxy) is 1. The minimum absolute atomic E-state index is 0.0187. The van der Waals surface area contributed by atoms with Crippen molar-refractivity contribution in [1.82, 2.24) is 5.06 Å². The summed E-state index contributed by atoms with van der Waals surface area (Å²) in [5, 5.41) is 1.97. The fourth-order valence-electron chi connectivity index (χ4n) is 4.02. The highest BCUT2D eigenvalue weighted by Crippen LogP contribution is 2.38. The van der Waals surface area contributed by atoms with Gasteiger partial charge in [0.05, 0.1) is 12.2 Å². The van der Waals surface area contributed by atoms with Crippen LogP contribution in [-0.2, 0) is 4.84 Å². The van der Waals surface area contributed by atoms with E-state index in [1.807, 2.05) is 11.1 Å². The predicted octanol–water partition coefficient (Wildman–Crippen LogP) is 5.75. The molecule has 3 atom stereocenters. The van der Waals surface area contributed by atoms with E-state index in [9.17, 15) is 0 Å². The third-order valence-electron chi connectivity index (χ3n) is 5.10. The van der Waals surface area contributed by atoms with Crippen molar-refractivity contribution in [1.29, 1.82) is 0 Å². The van der Waals surface area contributed by atoms with Gasteiger partial charge in [0.2, 0.25) is 0 Å². The van der Waals surface area contributed by atoms with Crippen LogP contribution in [-0.4, -0.2) is 17.3 Å². The average Bonchev–Trinajstić information content (AvgIpc) is 2.66. The molecule has 0 amide bonds. The first kappa shape index (κ1) is 17.9. The molecule has 4 rings (SSSR count). The maximum absolute atomic E-state index is 6.26. The summed E-state index contributed by atoms with van der Waals surface area (Å²) in [7, 11) is 0. The van der Waals surface area contributed by atoms with Gasteiger partial charge < -0.3 is 4.74 Å². The van der Waals surface area contributed by atoms with Gasteiger partial charge in [-0.05, 0) is 57.0 Å². The van der Waals surface area contributed by atoms with Gasteiger partial charge >= 0.3 is 0 Å². The summed E-state index contributed by atoms with van der Waals surface area (Å²) in [6.45, 7) is 8.49. The van der Waals surface area contributed by atoms with Crippen LogP contribution in [0, 0.1) is 13.8 Å². The van der Waals surface area contributed by atoms with E-state index in [0.717, 1.165) is 17.7 Å². The number of fused-ring (bicyclic) bond motifs is 3. The van der Waals surface area contributed by atoms with Crippen LogP contribution < -0.4 is 4.74 Å². The molecule has 2 aliphatic heterocycles. The Balaban J connectivity index is 1.80. The van der Waals surface area contributed by atoms with Gasteiger partial charge in [0.1, 0.15) is 11.8 Å². The molecule has 0 spiro atoms. The lowest BCUT2D eigenvalue weighted by molar-refractivity contribution is -0.179.